The molecule has 0 saturated carbocycles. The van der Waals surface area contributed by atoms with Crippen molar-refractivity contribution in [2.75, 3.05) is 11.0 Å². The van der Waals surface area contributed by atoms with Gasteiger partial charge in [-0.2, -0.15) is 0 Å². The minimum atomic E-state index is -3.41. The van der Waals surface area contributed by atoms with Gasteiger partial charge in [0.25, 0.3) is 0 Å². The molecule has 10 heteroatoms. The Morgan fingerprint density at radius 3 is 2.67 bits per heavy atom. The number of rotatable bonds is 8. The van der Waals surface area contributed by atoms with Gasteiger partial charge in [0.2, 0.25) is 15.9 Å². The lowest BCUT2D eigenvalue weighted by atomic mass is 10.1. The number of anilines is 1. The van der Waals surface area contributed by atoms with E-state index in [0.717, 1.165) is 17.6 Å². The smallest absolute Gasteiger partial charge is 0.326 e. The Labute approximate surface area is 126 Å². The molecule has 3 N–H and O–H groups in total. The van der Waals surface area contributed by atoms with Gasteiger partial charge in [-0.15, -0.1) is 11.3 Å². The summed E-state index contributed by atoms with van der Waals surface area (Å²) in [5, 5.41) is 13.1. The van der Waals surface area contributed by atoms with Gasteiger partial charge >= 0.3 is 5.97 Å². The first kappa shape index (κ1) is 17.4. The summed E-state index contributed by atoms with van der Waals surface area (Å²) in [5.74, 6) is -1.55. The molecule has 1 heterocycles. The van der Waals surface area contributed by atoms with Gasteiger partial charge in [-0.1, -0.05) is 13.3 Å². The number of thiazole rings is 1. The van der Waals surface area contributed by atoms with E-state index in [-0.39, 0.29) is 11.6 Å². The molecule has 0 radical (unpaired) electrons. The van der Waals surface area contributed by atoms with Gasteiger partial charge in [0.05, 0.1) is 18.4 Å². The standard InChI is InChI=1S/C11H17N3O5S2/c1-3-4-8(10(16)17)13-9(15)5-7-6-20-11(12-7)14-21(2,18)19/h6,8H,3-5H2,1-2H3,(H,12,14)(H,13,15)(H,16,17)/t8-/m0/s1. The number of carbonyl (C=O) groups excluding carboxylic acids is 1. The number of carbonyl (C=O) groups is 2. The Kier molecular flexibility index (Phi) is 6.09. The van der Waals surface area contributed by atoms with Gasteiger partial charge in [-0.25, -0.2) is 18.2 Å². The van der Waals surface area contributed by atoms with Gasteiger partial charge < -0.3 is 10.4 Å². The monoisotopic (exact) mass is 335 g/mol. The van der Waals surface area contributed by atoms with Crippen LogP contribution in [0.15, 0.2) is 5.38 Å². The average Bonchev–Trinajstić information content (AvgIpc) is 2.73. The molecule has 0 spiro atoms. The molecule has 0 saturated heterocycles. The molecule has 0 unspecified atom stereocenters. The molecule has 0 bridgehead atoms. The highest BCUT2D eigenvalue weighted by Gasteiger charge is 2.19. The summed E-state index contributed by atoms with van der Waals surface area (Å²) in [6.45, 7) is 1.83. The number of nitrogens with one attached hydrogen (secondary N) is 2. The average molecular weight is 335 g/mol. The molecule has 1 rings (SSSR count). The normalized spacial score (nSPS) is 12.7. The third-order valence-corrected chi connectivity index (χ3v) is 3.88. The predicted octanol–water partition coefficient (Wildman–Crippen LogP) is 0.427. The number of aromatic nitrogens is 1. The van der Waals surface area contributed by atoms with E-state index in [1.807, 2.05) is 6.92 Å². The third kappa shape index (κ3) is 6.54. The fourth-order valence-corrected chi connectivity index (χ4v) is 3.11. The first-order chi connectivity index (χ1) is 9.71. The van der Waals surface area contributed by atoms with Crippen molar-refractivity contribution in [2.24, 2.45) is 0 Å². The summed E-state index contributed by atoms with van der Waals surface area (Å²) in [4.78, 5) is 26.6. The number of sulfonamides is 1. The summed E-state index contributed by atoms with van der Waals surface area (Å²) in [6.07, 6.45) is 1.88. The molecular weight excluding hydrogens is 318 g/mol. The van der Waals surface area contributed by atoms with E-state index >= 15 is 0 Å². The predicted molar refractivity (Wildman–Crippen MR) is 78.8 cm³/mol. The van der Waals surface area contributed by atoms with Crippen molar-refractivity contribution < 1.29 is 23.1 Å². The molecule has 0 aliphatic carbocycles. The molecule has 118 valence electrons. The molecule has 8 nitrogen and oxygen atoms in total. The van der Waals surface area contributed by atoms with E-state index in [4.69, 9.17) is 5.11 Å². The summed E-state index contributed by atoms with van der Waals surface area (Å²) in [5.41, 5.74) is 0.379. The van der Waals surface area contributed by atoms with Crippen molar-refractivity contribution in [3.8, 4) is 0 Å². The van der Waals surface area contributed by atoms with Crippen molar-refractivity contribution in [1.82, 2.24) is 10.3 Å². The van der Waals surface area contributed by atoms with Crippen molar-refractivity contribution >= 4 is 38.4 Å². The van der Waals surface area contributed by atoms with E-state index in [0.29, 0.717) is 18.5 Å². The first-order valence-corrected chi connectivity index (χ1v) is 8.92. The maximum Gasteiger partial charge on any atom is 0.326 e. The molecular formula is C11H17N3O5S2. The lowest BCUT2D eigenvalue weighted by molar-refractivity contribution is -0.141. The number of carboxylic acid groups (broad SMARTS) is 1. The quantitative estimate of drug-likeness (QED) is 0.632. The van der Waals surface area contributed by atoms with Crippen LogP contribution in [0.2, 0.25) is 0 Å². The Balaban J connectivity index is 2.60. The Morgan fingerprint density at radius 1 is 1.48 bits per heavy atom. The molecule has 0 aliphatic rings. The minimum Gasteiger partial charge on any atom is -0.480 e. The van der Waals surface area contributed by atoms with E-state index in [1.165, 1.54) is 0 Å². The fourth-order valence-electron chi connectivity index (χ4n) is 1.55. The van der Waals surface area contributed by atoms with Crippen LogP contribution >= 0.6 is 11.3 Å². The van der Waals surface area contributed by atoms with Crippen LogP contribution in [0, 0.1) is 0 Å². The minimum absolute atomic E-state index is 0.102. The lowest BCUT2D eigenvalue weighted by Gasteiger charge is -2.12. The van der Waals surface area contributed by atoms with Crippen molar-refractivity contribution in [2.45, 2.75) is 32.2 Å². The maximum absolute atomic E-state index is 11.7. The molecule has 1 atom stereocenters. The number of amides is 1. The van der Waals surface area contributed by atoms with Gasteiger partial charge in [0, 0.05) is 5.38 Å². The zero-order chi connectivity index (χ0) is 16.0. The highest BCUT2D eigenvalue weighted by atomic mass is 32.2. The van der Waals surface area contributed by atoms with Crippen LogP contribution in [0.1, 0.15) is 25.5 Å². The second-order valence-electron chi connectivity index (χ2n) is 4.44. The van der Waals surface area contributed by atoms with Crippen LogP contribution in [0.4, 0.5) is 5.13 Å². The molecule has 0 aliphatic heterocycles. The van der Waals surface area contributed by atoms with E-state index in [9.17, 15) is 18.0 Å². The van der Waals surface area contributed by atoms with E-state index in [2.05, 4.69) is 15.0 Å². The summed E-state index contributed by atoms with van der Waals surface area (Å²) >= 11 is 1.06. The Hall–Kier alpha value is -1.68. The van der Waals surface area contributed by atoms with Gasteiger partial charge in [0.1, 0.15) is 6.04 Å². The molecule has 0 aromatic carbocycles. The van der Waals surface area contributed by atoms with Crippen LogP contribution in [-0.4, -0.2) is 42.7 Å². The van der Waals surface area contributed by atoms with E-state index < -0.39 is 27.9 Å². The zero-order valence-electron chi connectivity index (χ0n) is 11.6. The van der Waals surface area contributed by atoms with Crippen LogP contribution in [0.25, 0.3) is 0 Å². The SMILES string of the molecule is CCC[C@H](NC(=O)Cc1csc(NS(C)(=O)=O)n1)C(=O)O. The topological polar surface area (TPSA) is 125 Å². The maximum atomic E-state index is 11.7. The first-order valence-electron chi connectivity index (χ1n) is 6.15. The number of aliphatic carboxylic acids is 1. The van der Waals surface area contributed by atoms with Crippen LogP contribution < -0.4 is 10.0 Å². The second-order valence-corrected chi connectivity index (χ2v) is 7.05. The highest BCUT2D eigenvalue weighted by molar-refractivity contribution is 7.92. The van der Waals surface area contributed by atoms with Gasteiger partial charge in [0.15, 0.2) is 5.13 Å². The molecule has 1 aromatic heterocycles. The zero-order valence-corrected chi connectivity index (χ0v) is 13.3. The summed E-state index contributed by atoms with van der Waals surface area (Å²) < 4.78 is 24.3. The molecule has 1 aromatic rings. The highest BCUT2D eigenvalue weighted by Crippen LogP contribution is 2.16. The third-order valence-electron chi connectivity index (χ3n) is 2.38. The van der Waals surface area contributed by atoms with Crippen molar-refractivity contribution in [1.29, 1.82) is 0 Å². The van der Waals surface area contributed by atoms with Crippen molar-refractivity contribution in [3.05, 3.63) is 11.1 Å². The summed E-state index contributed by atoms with van der Waals surface area (Å²) in [7, 11) is -3.41. The Bertz CT molecular complexity index is 611. The number of hydrogen-bond acceptors (Lipinski definition) is 6. The second kappa shape index (κ2) is 7.36. The Morgan fingerprint density at radius 2 is 2.14 bits per heavy atom. The lowest BCUT2D eigenvalue weighted by Crippen LogP contribution is -2.41. The van der Waals surface area contributed by atoms with E-state index in [1.54, 1.807) is 5.38 Å². The van der Waals surface area contributed by atoms with Gasteiger partial charge in [-0.3, -0.25) is 9.52 Å². The number of carboxylic acids is 1. The molecule has 0 fully saturated rings. The van der Waals surface area contributed by atoms with Crippen molar-refractivity contribution in [3.63, 3.8) is 0 Å². The molecule has 1 amide bonds. The molecule has 21 heavy (non-hydrogen) atoms. The van der Waals surface area contributed by atoms with Crippen LogP contribution in [0.5, 0.6) is 0 Å². The van der Waals surface area contributed by atoms with Gasteiger partial charge in [-0.05, 0) is 6.42 Å². The summed E-state index contributed by atoms with van der Waals surface area (Å²) in [6, 6.07) is -0.922. The number of hydrogen-bond donors (Lipinski definition) is 3. The number of nitrogens with zero attached hydrogens (tertiary/aromatic N) is 1. The van der Waals surface area contributed by atoms with Crippen LogP contribution in [-0.2, 0) is 26.0 Å². The fraction of sp³-hybridized carbons (Fsp3) is 0.545. The largest absolute Gasteiger partial charge is 0.480 e. The van der Waals surface area contributed by atoms with Crippen LogP contribution in [0.3, 0.4) is 0 Å².